The van der Waals surface area contributed by atoms with Gasteiger partial charge in [0.1, 0.15) is 0 Å². The quantitative estimate of drug-likeness (QED) is 0.159. The lowest BCUT2D eigenvalue weighted by atomic mass is 9.99. The summed E-state index contributed by atoms with van der Waals surface area (Å²) in [6.07, 6.45) is 6.23. The summed E-state index contributed by atoms with van der Waals surface area (Å²) < 4.78 is 3.22. The Bertz CT molecular complexity index is 1680. The fourth-order valence-corrected chi connectivity index (χ4v) is 6.36. The first-order chi connectivity index (χ1) is 19.5. The number of urea groups is 1. The van der Waals surface area contributed by atoms with Gasteiger partial charge in [0.25, 0.3) is 0 Å². The van der Waals surface area contributed by atoms with Crippen molar-refractivity contribution in [3.63, 3.8) is 0 Å². The number of anilines is 1. The molecule has 204 valence electrons. The first-order valence-corrected chi connectivity index (χ1v) is 14.7. The van der Waals surface area contributed by atoms with E-state index in [-0.39, 0.29) is 0 Å². The molecule has 1 aliphatic rings. The first kappa shape index (κ1) is 26.5. The lowest BCUT2D eigenvalue weighted by molar-refractivity contribution is 0.185. The fourth-order valence-electron chi connectivity index (χ4n) is 5.23. The zero-order valence-corrected chi connectivity index (χ0v) is 23.9. The van der Waals surface area contributed by atoms with Crippen molar-refractivity contribution in [1.29, 1.82) is 0 Å². The van der Waals surface area contributed by atoms with E-state index in [1.807, 2.05) is 48.7 Å². The number of amides is 2. The zero-order valence-electron chi connectivity index (χ0n) is 22.3. The van der Waals surface area contributed by atoms with Gasteiger partial charge in [-0.1, -0.05) is 66.3 Å². The summed E-state index contributed by atoms with van der Waals surface area (Å²) in [5, 5.41) is 9.34. The summed E-state index contributed by atoms with van der Waals surface area (Å²) in [6, 6.07) is 21.9. The molecule has 6 rings (SSSR count). The van der Waals surface area contributed by atoms with Gasteiger partial charge in [-0.2, -0.15) is 5.10 Å². The Morgan fingerprint density at radius 1 is 1.07 bits per heavy atom. The lowest BCUT2D eigenvalue weighted by Crippen LogP contribution is -2.32. The van der Waals surface area contributed by atoms with Crippen molar-refractivity contribution in [2.75, 3.05) is 18.4 Å². The predicted octanol–water partition coefficient (Wildman–Crippen LogP) is 7.34. The Hall–Kier alpha value is -3.72. The maximum absolute atomic E-state index is 12.6. The van der Waals surface area contributed by atoms with Crippen molar-refractivity contribution in [2.45, 2.75) is 32.9 Å². The number of carbonyl (C=O) groups excluding carboxylic acids is 1. The SMILES string of the molecule is CC1CCN(Cc2ccc3nc(NC(=O)N/N=C/c4cn(Cc5cccc(Cl)c5)c5ccccc45)sc3c2)CC1. The molecular formula is C31H31ClN6OS. The molecule has 1 fully saturated rings. The van der Waals surface area contributed by atoms with E-state index in [0.29, 0.717) is 16.7 Å². The predicted molar refractivity (Wildman–Crippen MR) is 166 cm³/mol. The van der Waals surface area contributed by atoms with Crippen molar-refractivity contribution in [3.05, 3.63) is 94.6 Å². The van der Waals surface area contributed by atoms with Crippen LogP contribution in [0.25, 0.3) is 21.1 Å². The minimum Gasteiger partial charge on any atom is -0.342 e. The van der Waals surface area contributed by atoms with E-state index in [4.69, 9.17) is 11.6 Å². The Labute approximate surface area is 242 Å². The molecular weight excluding hydrogens is 540 g/mol. The molecule has 1 aliphatic heterocycles. The number of hydrogen-bond acceptors (Lipinski definition) is 5. The molecule has 0 spiro atoms. The van der Waals surface area contributed by atoms with Crippen LogP contribution in [0.3, 0.4) is 0 Å². The standard InChI is InChI=1S/C31H31ClN6OS/c1-21-11-13-37(14-12-21)18-23-9-10-27-29(16-23)40-31(34-27)35-30(39)36-33-17-24-20-38(28-8-3-2-7-26(24)28)19-22-5-4-6-25(32)15-22/h2-10,15-17,20-21H,11-14,18-19H2,1H3,(H2,34,35,36,39)/b33-17+. The number of likely N-dealkylation sites (tertiary alicyclic amines) is 1. The van der Waals surface area contributed by atoms with Crippen molar-refractivity contribution in [1.82, 2.24) is 19.9 Å². The van der Waals surface area contributed by atoms with Gasteiger partial charge in [0, 0.05) is 40.8 Å². The summed E-state index contributed by atoms with van der Waals surface area (Å²) in [5.41, 5.74) is 7.84. The number of benzene rings is 3. The van der Waals surface area contributed by atoms with Crippen LogP contribution in [-0.4, -0.2) is 39.8 Å². The molecule has 5 aromatic rings. The van der Waals surface area contributed by atoms with E-state index in [0.717, 1.165) is 57.8 Å². The number of nitrogens with one attached hydrogen (secondary N) is 2. The molecule has 2 amide bonds. The van der Waals surface area contributed by atoms with Crippen molar-refractivity contribution >= 4 is 61.4 Å². The second-order valence-corrected chi connectivity index (χ2v) is 11.9. The molecule has 3 aromatic carbocycles. The Balaban J connectivity index is 1.10. The van der Waals surface area contributed by atoms with E-state index in [9.17, 15) is 4.79 Å². The fraction of sp³-hybridized carbons (Fsp3) is 0.258. The molecule has 2 N–H and O–H groups in total. The summed E-state index contributed by atoms with van der Waals surface area (Å²) in [6.45, 7) is 6.27. The van der Waals surface area contributed by atoms with Crippen molar-refractivity contribution in [2.24, 2.45) is 11.0 Å². The van der Waals surface area contributed by atoms with Crippen LogP contribution in [0, 0.1) is 5.92 Å². The Morgan fingerprint density at radius 2 is 1.90 bits per heavy atom. The summed E-state index contributed by atoms with van der Waals surface area (Å²) in [5.74, 6) is 0.824. The topological polar surface area (TPSA) is 74.6 Å². The number of aromatic nitrogens is 2. The van der Waals surface area contributed by atoms with Gasteiger partial charge in [0.05, 0.1) is 16.4 Å². The normalized spacial score (nSPS) is 14.8. The number of halogens is 1. The second kappa shape index (κ2) is 11.8. The van der Waals surface area contributed by atoms with Gasteiger partial charge in [-0.05, 0) is 73.3 Å². The zero-order chi connectivity index (χ0) is 27.5. The van der Waals surface area contributed by atoms with Gasteiger partial charge in [-0.25, -0.2) is 15.2 Å². The first-order valence-electron chi connectivity index (χ1n) is 13.5. The molecule has 0 saturated carbocycles. The summed E-state index contributed by atoms with van der Waals surface area (Å²) >= 11 is 7.65. The third kappa shape index (κ3) is 6.20. The average Bonchev–Trinajstić information content (AvgIpc) is 3.50. The van der Waals surface area contributed by atoms with Crippen LogP contribution in [0.2, 0.25) is 5.02 Å². The average molecular weight is 571 g/mol. The third-order valence-electron chi connectivity index (χ3n) is 7.39. The number of rotatable bonds is 7. The van der Waals surface area contributed by atoms with Crippen LogP contribution in [0.1, 0.15) is 36.5 Å². The number of fused-ring (bicyclic) bond motifs is 2. The number of carbonyl (C=O) groups is 1. The maximum Gasteiger partial charge on any atom is 0.341 e. The van der Waals surface area contributed by atoms with Crippen LogP contribution in [-0.2, 0) is 13.1 Å². The van der Waals surface area contributed by atoms with Crippen LogP contribution in [0.5, 0.6) is 0 Å². The molecule has 3 heterocycles. The smallest absolute Gasteiger partial charge is 0.341 e. The van der Waals surface area contributed by atoms with E-state index >= 15 is 0 Å². The molecule has 2 aromatic heterocycles. The van der Waals surface area contributed by atoms with E-state index in [1.165, 1.54) is 29.7 Å². The minimum absolute atomic E-state index is 0.430. The van der Waals surface area contributed by atoms with Crippen LogP contribution < -0.4 is 10.7 Å². The number of nitrogens with zero attached hydrogens (tertiary/aromatic N) is 4. The maximum atomic E-state index is 12.6. The monoisotopic (exact) mass is 570 g/mol. The molecule has 9 heteroatoms. The molecule has 0 radical (unpaired) electrons. The van der Waals surface area contributed by atoms with Gasteiger partial charge in [-0.3, -0.25) is 10.2 Å². The molecule has 0 unspecified atom stereocenters. The van der Waals surface area contributed by atoms with Crippen LogP contribution in [0.15, 0.2) is 78.0 Å². The molecule has 0 atom stereocenters. The Morgan fingerprint density at radius 3 is 2.75 bits per heavy atom. The molecule has 0 bridgehead atoms. The van der Waals surface area contributed by atoms with Gasteiger partial charge in [0.15, 0.2) is 5.13 Å². The van der Waals surface area contributed by atoms with Crippen molar-refractivity contribution in [3.8, 4) is 0 Å². The highest BCUT2D eigenvalue weighted by Gasteiger charge is 2.16. The highest BCUT2D eigenvalue weighted by atomic mass is 35.5. The molecule has 40 heavy (non-hydrogen) atoms. The van der Waals surface area contributed by atoms with Gasteiger partial charge < -0.3 is 4.57 Å². The number of hydrogen-bond donors (Lipinski definition) is 2. The van der Waals surface area contributed by atoms with Gasteiger partial charge >= 0.3 is 6.03 Å². The third-order valence-corrected chi connectivity index (χ3v) is 8.56. The highest BCUT2D eigenvalue weighted by Crippen LogP contribution is 2.28. The van der Waals surface area contributed by atoms with E-state index in [2.05, 4.69) is 61.5 Å². The number of para-hydroxylation sites is 1. The molecule has 7 nitrogen and oxygen atoms in total. The van der Waals surface area contributed by atoms with Gasteiger partial charge in [0.2, 0.25) is 0 Å². The minimum atomic E-state index is -0.430. The van der Waals surface area contributed by atoms with Crippen LogP contribution in [0.4, 0.5) is 9.93 Å². The lowest BCUT2D eigenvalue weighted by Gasteiger charge is -2.30. The molecule has 1 saturated heterocycles. The summed E-state index contributed by atoms with van der Waals surface area (Å²) in [7, 11) is 0. The Kier molecular flexibility index (Phi) is 7.82. The van der Waals surface area contributed by atoms with E-state index in [1.54, 1.807) is 6.21 Å². The van der Waals surface area contributed by atoms with E-state index < -0.39 is 6.03 Å². The number of thiazole rings is 1. The summed E-state index contributed by atoms with van der Waals surface area (Å²) in [4.78, 5) is 19.7. The largest absolute Gasteiger partial charge is 0.342 e. The number of hydrazone groups is 1. The second-order valence-electron chi connectivity index (χ2n) is 10.5. The van der Waals surface area contributed by atoms with Gasteiger partial charge in [-0.15, -0.1) is 0 Å². The molecule has 0 aliphatic carbocycles. The number of piperidine rings is 1. The van der Waals surface area contributed by atoms with Crippen LogP contribution >= 0.6 is 22.9 Å². The van der Waals surface area contributed by atoms with Crippen molar-refractivity contribution < 1.29 is 4.79 Å². The highest BCUT2D eigenvalue weighted by molar-refractivity contribution is 7.22.